The van der Waals surface area contributed by atoms with E-state index in [9.17, 15) is 0 Å². The van der Waals surface area contributed by atoms with Gasteiger partial charge in [-0.25, -0.2) is 9.97 Å². The van der Waals surface area contributed by atoms with Gasteiger partial charge in [0.15, 0.2) is 0 Å². The molecule has 0 amide bonds. The summed E-state index contributed by atoms with van der Waals surface area (Å²) in [5.41, 5.74) is 5.72. The van der Waals surface area contributed by atoms with Gasteiger partial charge in [-0.2, -0.15) is 0 Å². The van der Waals surface area contributed by atoms with Crippen LogP contribution in [0.4, 0.5) is 5.82 Å². The van der Waals surface area contributed by atoms with Gasteiger partial charge in [0.05, 0.1) is 0 Å². The molecule has 0 radical (unpaired) electrons. The van der Waals surface area contributed by atoms with Gasteiger partial charge in [-0.15, -0.1) is 0 Å². The molecular formula is C10H18N4. The van der Waals surface area contributed by atoms with Gasteiger partial charge in [0.25, 0.3) is 0 Å². The van der Waals surface area contributed by atoms with E-state index in [0.717, 1.165) is 18.2 Å². The summed E-state index contributed by atoms with van der Waals surface area (Å²) in [6.07, 6.45) is 1.75. The molecule has 0 unspecified atom stereocenters. The number of hydrogen-bond donors (Lipinski definition) is 2. The van der Waals surface area contributed by atoms with Crippen LogP contribution in [0.25, 0.3) is 0 Å². The molecule has 0 saturated heterocycles. The Morgan fingerprint density at radius 1 is 1.50 bits per heavy atom. The summed E-state index contributed by atoms with van der Waals surface area (Å²) in [6.45, 7) is 7.59. The summed E-state index contributed by atoms with van der Waals surface area (Å²) in [4.78, 5) is 8.28. The minimum absolute atomic E-state index is 0.0961. The number of aromatic nitrogens is 2. The van der Waals surface area contributed by atoms with Crippen LogP contribution in [0.3, 0.4) is 0 Å². The molecule has 0 spiro atoms. The maximum Gasteiger partial charge on any atom is 0.129 e. The third-order valence-electron chi connectivity index (χ3n) is 2.08. The van der Waals surface area contributed by atoms with Crippen LogP contribution in [-0.2, 0) is 0 Å². The van der Waals surface area contributed by atoms with Gasteiger partial charge in [0.1, 0.15) is 11.6 Å². The van der Waals surface area contributed by atoms with Crippen LogP contribution in [0.2, 0.25) is 0 Å². The highest BCUT2D eigenvalue weighted by molar-refractivity contribution is 5.32. The zero-order chi connectivity index (χ0) is 10.6. The zero-order valence-corrected chi connectivity index (χ0v) is 9.04. The topological polar surface area (TPSA) is 63.8 Å². The highest BCUT2D eigenvalue weighted by atomic mass is 15.0. The molecule has 0 atom stereocenters. The molecule has 14 heavy (non-hydrogen) atoms. The van der Waals surface area contributed by atoms with Crippen LogP contribution < -0.4 is 11.1 Å². The first-order chi connectivity index (χ1) is 6.53. The van der Waals surface area contributed by atoms with Gasteiger partial charge in [0.2, 0.25) is 0 Å². The summed E-state index contributed by atoms with van der Waals surface area (Å²) < 4.78 is 0. The lowest BCUT2D eigenvalue weighted by atomic mass is 9.94. The van der Waals surface area contributed by atoms with E-state index >= 15 is 0 Å². The van der Waals surface area contributed by atoms with Crippen LogP contribution >= 0.6 is 0 Å². The minimum Gasteiger partial charge on any atom is -0.369 e. The minimum atomic E-state index is 0.0961. The Balaban J connectivity index is 2.54. The number of anilines is 1. The maximum absolute atomic E-state index is 5.63. The first-order valence-corrected chi connectivity index (χ1v) is 4.77. The Hall–Kier alpha value is -1.16. The summed E-state index contributed by atoms with van der Waals surface area (Å²) in [6, 6.07) is 1.86. The molecule has 3 N–H and O–H groups in total. The van der Waals surface area contributed by atoms with Gasteiger partial charge in [-0.3, -0.25) is 0 Å². The quantitative estimate of drug-likeness (QED) is 0.755. The Morgan fingerprint density at radius 2 is 2.21 bits per heavy atom. The molecule has 1 heterocycles. The summed E-state index contributed by atoms with van der Waals surface area (Å²) >= 11 is 0. The normalized spacial score (nSPS) is 11.4. The zero-order valence-electron chi connectivity index (χ0n) is 9.04. The van der Waals surface area contributed by atoms with E-state index in [1.54, 1.807) is 6.20 Å². The van der Waals surface area contributed by atoms with Crippen LogP contribution in [0.5, 0.6) is 0 Å². The third-order valence-corrected chi connectivity index (χ3v) is 2.08. The molecule has 0 aromatic carbocycles. The lowest BCUT2D eigenvalue weighted by Crippen LogP contribution is -2.31. The molecule has 1 aromatic heterocycles. The molecule has 0 aliphatic rings. The van der Waals surface area contributed by atoms with E-state index < -0.39 is 0 Å². The Kier molecular flexibility index (Phi) is 3.41. The first kappa shape index (κ1) is 10.9. The molecule has 4 heteroatoms. The number of nitrogens with zero attached hydrogens (tertiary/aromatic N) is 2. The van der Waals surface area contributed by atoms with Gasteiger partial charge >= 0.3 is 0 Å². The van der Waals surface area contributed by atoms with Crippen LogP contribution in [0, 0.1) is 12.3 Å². The van der Waals surface area contributed by atoms with Crippen LogP contribution in [0.1, 0.15) is 19.7 Å². The lowest BCUT2D eigenvalue weighted by molar-refractivity contribution is 0.405. The van der Waals surface area contributed by atoms with Crippen molar-refractivity contribution >= 4 is 5.82 Å². The molecule has 1 rings (SSSR count). The second-order valence-electron chi connectivity index (χ2n) is 4.21. The smallest absolute Gasteiger partial charge is 0.129 e. The van der Waals surface area contributed by atoms with Crippen LogP contribution in [0.15, 0.2) is 12.3 Å². The number of nitrogens with one attached hydrogen (secondary N) is 1. The molecule has 78 valence electrons. The Morgan fingerprint density at radius 3 is 2.79 bits per heavy atom. The van der Waals surface area contributed by atoms with E-state index in [-0.39, 0.29) is 5.41 Å². The number of nitrogens with two attached hydrogens (primary N) is 1. The highest BCUT2D eigenvalue weighted by Crippen LogP contribution is 2.13. The van der Waals surface area contributed by atoms with Gasteiger partial charge in [-0.05, 0) is 24.9 Å². The van der Waals surface area contributed by atoms with Gasteiger partial charge < -0.3 is 11.1 Å². The van der Waals surface area contributed by atoms with Crippen molar-refractivity contribution in [1.29, 1.82) is 0 Å². The largest absolute Gasteiger partial charge is 0.369 e. The predicted molar refractivity (Wildman–Crippen MR) is 58.1 cm³/mol. The summed E-state index contributed by atoms with van der Waals surface area (Å²) in [7, 11) is 0. The van der Waals surface area contributed by atoms with Crippen molar-refractivity contribution in [3.63, 3.8) is 0 Å². The van der Waals surface area contributed by atoms with Crippen molar-refractivity contribution in [3.05, 3.63) is 18.1 Å². The van der Waals surface area contributed by atoms with Gasteiger partial charge in [0, 0.05) is 12.7 Å². The molecule has 4 nitrogen and oxygen atoms in total. The van der Waals surface area contributed by atoms with Gasteiger partial charge in [-0.1, -0.05) is 13.8 Å². The fourth-order valence-corrected chi connectivity index (χ4v) is 0.957. The monoisotopic (exact) mass is 194 g/mol. The average molecular weight is 194 g/mol. The molecule has 0 aliphatic carbocycles. The highest BCUT2D eigenvalue weighted by Gasteiger charge is 2.14. The number of rotatable bonds is 4. The first-order valence-electron chi connectivity index (χ1n) is 4.77. The van der Waals surface area contributed by atoms with Crippen molar-refractivity contribution in [1.82, 2.24) is 9.97 Å². The summed E-state index contributed by atoms with van der Waals surface area (Å²) in [5, 5.41) is 3.25. The van der Waals surface area contributed by atoms with E-state index in [2.05, 4.69) is 29.1 Å². The molecule has 0 aliphatic heterocycles. The van der Waals surface area contributed by atoms with E-state index in [1.165, 1.54) is 0 Å². The molecular weight excluding hydrogens is 176 g/mol. The average Bonchev–Trinajstić information content (AvgIpc) is 2.15. The second kappa shape index (κ2) is 4.37. The maximum atomic E-state index is 5.63. The van der Waals surface area contributed by atoms with Crippen molar-refractivity contribution < 1.29 is 0 Å². The van der Waals surface area contributed by atoms with Crippen LogP contribution in [-0.4, -0.2) is 23.1 Å². The van der Waals surface area contributed by atoms with E-state index in [4.69, 9.17) is 5.73 Å². The second-order valence-corrected chi connectivity index (χ2v) is 4.21. The molecule has 0 fully saturated rings. The van der Waals surface area contributed by atoms with Crippen molar-refractivity contribution in [2.75, 3.05) is 18.4 Å². The van der Waals surface area contributed by atoms with E-state index in [0.29, 0.717) is 6.54 Å². The Bertz CT molecular complexity index is 296. The number of aryl methyl sites for hydroxylation is 1. The third kappa shape index (κ3) is 3.30. The fourth-order valence-electron chi connectivity index (χ4n) is 0.957. The Labute approximate surface area is 85.0 Å². The van der Waals surface area contributed by atoms with Crippen molar-refractivity contribution in [2.24, 2.45) is 11.1 Å². The lowest BCUT2D eigenvalue weighted by Gasteiger charge is -2.22. The SMILES string of the molecule is Cc1nccc(NCC(C)(C)CN)n1. The van der Waals surface area contributed by atoms with E-state index in [1.807, 2.05) is 13.0 Å². The fraction of sp³-hybridized carbons (Fsp3) is 0.600. The molecule has 0 saturated carbocycles. The standard InChI is InChI=1S/C10H18N4/c1-8-12-5-4-9(14-8)13-7-10(2,3)6-11/h4-5H,6-7,11H2,1-3H3,(H,12,13,14). The molecule has 1 aromatic rings. The number of hydrogen-bond acceptors (Lipinski definition) is 4. The van der Waals surface area contributed by atoms with Crippen molar-refractivity contribution in [3.8, 4) is 0 Å². The summed E-state index contributed by atoms with van der Waals surface area (Å²) in [5.74, 6) is 1.64. The van der Waals surface area contributed by atoms with Crippen molar-refractivity contribution in [2.45, 2.75) is 20.8 Å². The molecule has 0 bridgehead atoms. The predicted octanol–water partition coefficient (Wildman–Crippen LogP) is 1.18.